The van der Waals surface area contributed by atoms with Crippen molar-refractivity contribution in [3.05, 3.63) is 70.1 Å². The molecule has 0 aliphatic carbocycles. The molecule has 3 aromatic rings. The molecule has 0 saturated carbocycles. The van der Waals surface area contributed by atoms with Crippen LogP contribution in [-0.4, -0.2) is 71.8 Å². The maximum absolute atomic E-state index is 13.1. The molecular formula is C25H24F3N3O2S. The van der Waals surface area contributed by atoms with Gasteiger partial charge in [0, 0.05) is 55.6 Å². The Morgan fingerprint density at radius 3 is 2.24 bits per heavy atom. The van der Waals surface area contributed by atoms with Gasteiger partial charge < -0.3 is 9.80 Å². The highest BCUT2D eigenvalue weighted by molar-refractivity contribution is 7.21. The fourth-order valence-corrected chi connectivity index (χ4v) is 5.87. The molecule has 3 heterocycles. The Morgan fingerprint density at radius 2 is 1.59 bits per heavy atom. The van der Waals surface area contributed by atoms with Crippen molar-refractivity contribution >= 4 is 33.2 Å². The average Bonchev–Trinajstić information content (AvgIpc) is 3.14. The minimum absolute atomic E-state index is 0.0413. The average molecular weight is 488 g/mol. The van der Waals surface area contributed by atoms with E-state index in [9.17, 15) is 22.8 Å². The topological polar surface area (TPSA) is 43.9 Å². The largest absolute Gasteiger partial charge is 0.416 e. The number of rotatable bonds is 3. The maximum Gasteiger partial charge on any atom is 0.416 e. The zero-order valence-electron chi connectivity index (χ0n) is 18.6. The molecule has 34 heavy (non-hydrogen) atoms. The molecule has 2 fully saturated rings. The van der Waals surface area contributed by atoms with Gasteiger partial charge in [0.25, 0.3) is 11.8 Å². The summed E-state index contributed by atoms with van der Waals surface area (Å²) in [6, 6.07) is 13.1. The van der Waals surface area contributed by atoms with Crippen molar-refractivity contribution < 1.29 is 22.8 Å². The predicted molar refractivity (Wildman–Crippen MR) is 125 cm³/mol. The van der Waals surface area contributed by atoms with Gasteiger partial charge in [-0.1, -0.05) is 24.3 Å². The van der Waals surface area contributed by atoms with Crippen molar-refractivity contribution in [3.8, 4) is 0 Å². The summed E-state index contributed by atoms with van der Waals surface area (Å²) < 4.78 is 39.6. The number of alkyl halides is 3. The first-order valence-electron chi connectivity index (χ1n) is 11.2. The summed E-state index contributed by atoms with van der Waals surface area (Å²) in [7, 11) is 0. The monoisotopic (exact) mass is 487 g/mol. The van der Waals surface area contributed by atoms with E-state index in [-0.39, 0.29) is 17.9 Å². The van der Waals surface area contributed by atoms with E-state index in [1.54, 1.807) is 11.8 Å². The number of piperazine rings is 1. The summed E-state index contributed by atoms with van der Waals surface area (Å²) in [6.07, 6.45) is -4.41. The van der Waals surface area contributed by atoms with Crippen LogP contribution in [0.25, 0.3) is 10.1 Å². The second-order valence-corrected chi connectivity index (χ2v) is 9.88. The van der Waals surface area contributed by atoms with Crippen LogP contribution in [0.15, 0.2) is 48.5 Å². The van der Waals surface area contributed by atoms with Crippen LogP contribution in [-0.2, 0) is 6.18 Å². The van der Waals surface area contributed by atoms with E-state index in [1.165, 1.54) is 6.07 Å². The predicted octanol–water partition coefficient (Wildman–Crippen LogP) is 4.51. The second-order valence-electron chi connectivity index (χ2n) is 8.82. The van der Waals surface area contributed by atoms with Crippen LogP contribution in [0.2, 0.25) is 0 Å². The highest BCUT2D eigenvalue weighted by Crippen LogP contribution is 2.37. The molecule has 0 bridgehead atoms. The number of carbonyl (C=O) groups excluding carboxylic acids is 2. The molecule has 0 N–H and O–H groups in total. The van der Waals surface area contributed by atoms with Gasteiger partial charge in [-0.05, 0) is 42.1 Å². The summed E-state index contributed by atoms with van der Waals surface area (Å²) in [6.45, 7) is 5.78. The Morgan fingerprint density at radius 1 is 0.912 bits per heavy atom. The number of benzene rings is 2. The summed E-state index contributed by atoms with van der Waals surface area (Å²) >= 11 is 1.13. The molecule has 0 radical (unpaired) electrons. The number of thiophene rings is 1. The fourth-order valence-electron chi connectivity index (χ4n) is 4.65. The number of halogens is 3. The van der Waals surface area contributed by atoms with Crippen molar-refractivity contribution in [1.82, 2.24) is 14.7 Å². The van der Waals surface area contributed by atoms with Crippen LogP contribution in [0.5, 0.6) is 0 Å². The SMILES string of the molecule is Cc1c(C(=O)N2CC(N3CCN(C(=O)c4ccccc4)CC3)C2)sc2cc(C(F)(F)F)ccc12. The van der Waals surface area contributed by atoms with Gasteiger partial charge in [0.1, 0.15) is 0 Å². The molecule has 0 unspecified atom stereocenters. The van der Waals surface area contributed by atoms with Crippen molar-refractivity contribution in [3.63, 3.8) is 0 Å². The van der Waals surface area contributed by atoms with Crippen LogP contribution in [0.3, 0.4) is 0 Å². The van der Waals surface area contributed by atoms with Gasteiger partial charge in [-0.25, -0.2) is 0 Å². The Labute approximate surface area is 199 Å². The molecule has 2 aliphatic heterocycles. The standard InChI is InChI=1S/C25H24F3N3O2S/c1-16-20-8-7-18(25(26,27)28)13-21(20)34-22(16)24(33)31-14-19(15-31)29-9-11-30(12-10-29)23(32)17-5-3-2-4-6-17/h2-8,13,19H,9-12,14-15H2,1H3. The smallest absolute Gasteiger partial charge is 0.336 e. The minimum Gasteiger partial charge on any atom is -0.336 e. The van der Waals surface area contributed by atoms with Crippen LogP contribution < -0.4 is 0 Å². The summed E-state index contributed by atoms with van der Waals surface area (Å²) in [5.41, 5.74) is 0.724. The Kier molecular flexibility index (Phi) is 5.85. The first-order chi connectivity index (χ1) is 16.2. The van der Waals surface area contributed by atoms with Crippen molar-refractivity contribution in [2.45, 2.75) is 19.1 Å². The second kappa shape index (κ2) is 8.70. The third-order valence-electron chi connectivity index (χ3n) is 6.75. The first kappa shape index (κ1) is 22.9. The first-order valence-corrected chi connectivity index (χ1v) is 12.0. The maximum atomic E-state index is 13.1. The molecule has 9 heteroatoms. The number of aryl methyl sites for hydroxylation is 1. The van der Waals surface area contributed by atoms with E-state index in [2.05, 4.69) is 4.90 Å². The lowest BCUT2D eigenvalue weighted by Crippen LogP contribution is -2.64. The fraction of sp³-hybridized carbons (Fsp3) is 0.360. The van der Waals surface area contributed by atoms with Crippen molar-refractivity contribution in [2.75, 3.05) is 39.3 Å². The summed E-state index contributed by atoms with van der Waals surface area (Å²) in [5.74, 6) is -0.0824. The van der Waals surface area contributed by atoms with Crippen LogP contribution >= 0.6 is 11.3 Å². The van der Waals surface area contributed by atoms with Crippen molar-refractivity contribution in [1.29, 1.82) is 0 Å². The molecule has 178 valence electrons. The molecular weight excluding hydrogens is 463 g/mol. The van der Waals surface area contributed by atoms with Gasteiger partial charge >= 0.3 is 6.18 Å². The number of amides is 2. The number of fused-ring (bicyclic) bond motifs is 1. The van der Waals surface area contributed by atoms with Gasteiger partial charge in [0.2, 0.25) is 0 Å². The normalized spacial score (nSPS) is 17.8. The Hall–Kier alpha value is -2.91. The molecule has 2 aliphatic rings. The highest BCUT2D eigenvalue weighted by atomic mass is 32.1. The molecule has 2 aromatic carbocycles. The number of carbonyl (C=O) groups is 2. The number of hydrogen-bond donors (Lipinski definition) is 0. The molecule has 1 aromatic heterocycles. The van der Waals surface area contributed by atoms with E-state index in [1.807, 2.05) is 35.2 Å². The number of nitrogens with zero attached hydrogens (tertiary/aromatic N) is 3. The van der Waals surface area contributed by atoms with Crippen molar-refractivity contribution in [2.24, 2.45) is 0 Å². The highest BCUT2D eigenvalue weighted by Gasteiger charge is 2.38. The Bertz CT molecular complexity index is 1230. The number of hydrogen-bond acceptors (Lipinski definition) is 4. The summed E-state index contributed by atoms with van der Waals surface area (Å²) in [5, 5.41) is 0.692. The van der Waals surface area contributed by atoms with Crippen LogP contribution in [0.4, 0.5) is 13.2 Å². The van der Waals surface area contributed by atoms with Gasteiger partial charge in [-0.15, -0.1) is 11.3 Å². The van der Waals surface area contributed by atoms with Gasteiger partial charge in [0.15, 0.2) is 0 Å². The quantitative estimate of drug-likeness (QED) is 0.546. The van der Waals surface area contributed by atoms with Gasteiger partial charge in [-0.2, -0.15) is 13.2 Å². The third-order valence-corrected chi connectivity index (χ3v) is 7.99. The summed E-state index contributed by atoms with van der Waals surface area (Å²) in [4.78, 5) is 32.1. The van der Waals surface area contributed by atoms with E-state index in [0.717, 1.165) is 42.1 Å². The molecule has 2 saturated heterocycles. The lowest BCUT2D eigenvalue weighted by Gasteiger charge is -2.48. The molecule has 0 atom stereocenters. The van der Waals surface area contributed by atoms with E-state index < -0.39 is 11.7 Å². The van der Waals surface area contributed by atoms with E-state index in [4.69, 9.17) is 0 Å². The molecule has 2 amide bonds. The lowest BCUT2D eigenvalue weighted by atomic mass is 10.0. The van der Waals surface area contributed by atoms with Gasteiger partial charge in [0.05, 0.1) is 10.4 Å². The zero-order chi connectivity index (χ0) is 24.0. The molecule has 5 nitrogen and oxygen atoms in total. The van der Waals surface area contributed by atoms with Gasteiger partial charge in [-0.3, -0.25) is 14.5 Å². The molecule has 5 rings (SSSR count). The molecule has 0 spiro atoms. The Balaban J connectivity index is 1.19. The lowest BCUT2D eigenvalue weighted by molar-refractivity contribution is -0.137. The van der Waals surface area contributed by atoms with E-state index >= 15 is 0 Å². The third kappa shape index (κ3) is 4.18. The zero-order valence-corrected chi connectivity index (χ0v) is 19.5. The van der Waals surface area contributed by atoms with Crippen LogP contribution in [0.1, 0.15) is 31.2 Å². The number of likely N-dealkylation sites (tertiary alicyclic amines) is 1. The van der Waals surface area contributed by atoms with Crippen LogP contribution in [0, 0.1) is 6.92 Å². The van der Waals surface area contributed by atoms with E-state index in [0.29, 0.717) is 46.7 Å². The minimum atomic E-state index is -4.41.